The van der Waals surface area contributed by atoms with E-state index in [2.05, 4.69) is 0 Å². The largest absolute Gasteiger partial charge is 0.495 e. The zero-order valence-electron chi connectivity index (χ0n) is 12.0. The quantitative estimate of drug-likeness (QED) is 0.770. The Bertz CT molecular complexity index is 530. The lowest BCUT2D eigenvalue weighted by Gasteiger charge is -2.21. The zero-order chi connectivity index (χ0) is 15.2. The molecule has 0 atom stereocenters. The molecular formula is C13H21NO5S. The third-order valence-electron chi connectivity index (χ3n) is 2.93. The maximum Gasteiger partial charge on any atom is 0.246 e. The van der Waals surface area contributed by atoms with Crippen LogP contribution in [-0.2, 0) is 21.4 Å². The number of rotatable bonds is 8. The molecule has 0 unspecified atom stereocenters. The number of hydrogen-bond donors (Lipinski definition) is 1. The molecule has 1 N–H and O–H groups in total. The summed E-state index contributed by atoms with van der Waals surface area (Å²) in [4.78, 5) is 0.0597. The van der Waals surface area contributed by atoms with Gasteiger partial charge in [0.1, 0.15) is 10.6 Å². The topological polar surface area (TPSA) is 76.1 Å². The van der Waals surface area contributed by atoms with Crippen molar-refractivity contribution < 1.29 is 23.0 Å². The van der Waals surface area contributed by atoms with E-state index in [1.165, 1.54) is 24.6 Å². The van der Waals surface area contributed by atoms with Crippen molar-refractivity contribution in [3.8, 4) is 5.75 Å². The highest BCUT2D eigenvalue weighted by Gasteiger charge is 2.26. The molecule has 114 valence electrons. The Balaban J connectivity index is 3.24. The second-order valence-corrected chi connectivity index (χ2v) is 6.04. The maximum absolute atomic E-state index is 12.6. The van der Waals surface area contributed by atoms with Crippen molar-refractivity contribution in [3.05, 3.63) is 23.8 Å². The maximum atomic E-state index is 12.6. The average molecular weight is 303 g/mol. The van der Waals surface area contributed by atoms with Crippen molar-refractivity contribution in [2.24, 2.45) is 0 Å². The minimum atomic E-state index is -3.68. The van der Waals surface area contributed by atoms with E-state index in [4.69, 9.17) is 14.6 Å². The predicted octanol–water partition coefficient (Wildman–Crippen LogP) is 0.845. The summed E-state index contributed by atoms with van der Waals surface area (Å²) in [5, 5.41) is 9.16. The molecule has 0 amide bonds. The van der Waals surface area contributed by atoms with E-state index in [9.17, 15) is 8.42 Å². The van der Waals surface area contributed by atoms with E-state index in [1.54, 1.807) is 19.1 Å². The van der Waals surface area contributed by atoms with Crippen molar-refractivity contribution in [2.45, 2.75) is 18.4 Å². The first-order chi connectivity index (χ1) is 9.51. The molecule has 0 saturated carbocycles. The van der Waals surface area contributed by atoms with Gasteiger partial charge in [-0.15, -0.1) is 0 Å². The number of aliphatic hydroxyl groups is 1. The number of hydrogen-bond acceptors (Lipinski definition) is 5. The van der Waals surface area contributed by atoms with E-state index in [-0.39, 0.29) is 23.8 Å². The number of ether oxygens (including phenoxy) is 2. The third kappa shape index (κ3) is 3.69. The van der Waals surface area contributed by atoms with Crippen LogP contribution in [0.3, 0.4) is 0 Å². The highest BCUT2D eigenvalue weighted by molar-refractivity contribution is 7.89. The Kier molecular flexibility index (Phi) is 6.41. The van der Waals surface area contributed by atoms with Crippen LogP contribution < -0.4 is 4.74 Å². The average Bonchev–Trinajstić information content (AvgIpc) is 2.47. The molecule has 1 aromatic carbocycles. The van der Waals surface area contributed by atoms with Gasteiger partial charge in [-0.25, -0.2) is 8.42 Å². The highest BCUT2D eigenvalue weighted by Crippen LogP contribution is 2.27. The molecule has 1 aromatic rings. The van der Waals surface area contributed by atoms with Crippen LogP contribution in [0.5, 0.6) is 5.75 Å². The van der Waals surface area contributed by atoms with Crippen molar-refractivity contribution in [1.29, 1.82) is 0 Å². The lowest BCUT2D eigenvalue weighted by Crippen LogP contribution is -2.34. The van der Waals surface area contributed by atoms with E-state index < -0.39 is 10.0 Å². The monoisotopic (exact) mass is 303 g/mol. The fourth-order valence-electron chi connectivity index (χ4n) is 1.80. The van der Waals surface area contributed by atoms with Crippen LogP contribution in [0, 0.1) is 0 Å². The van der Waals surface area contributed by atoms with E-state index >= 15 is 0 Å². The molecule has 0 bridgehead atoms. The fraction of sp³-hybridized carbons (Fsp3) is 0.538. The summed E-state index contributed by atoms with van der Waals surface area (Å²) in [6.45, 7) is 2.45. The second-order valence-electron chi connectivity index (χ2n) is 4.13. The van der Waals surface area contributed by atoms with Gasteiger partial charge in [0.05, 0.1) is 20.3 Å². The number of likely N-dealkylation sites (N-methyl/N-ethyl adjacent to an activating group) is 1. The van der Waals surface area contributed by atoms with Gasteiger partial charge in [0.15, 0.2) is 0 Å². The van der Waals surface area contributed by atoms with Crippen LogP contribution in [0.1, 0.15) is 12.5 Å². The van der Waals surface area contributed by atoms with Crippen molar-refractivity contribution in [1.82, 2.24) is 4.31 Å². The summed E-state index contributed by atoms with van der Waals surface area (Å²) in [6.07, 6.45) is 0. The Morgan fingerprint density at radius 1 is 1.30 bits per heavy atom. The van der Waals surface area contributed by atoms with Gasteiger partial charge in [-0.1, -0.05) is 13.0 Å². The molecule has 0 fully saturated rings. The minimum Gasteiger partial charge on any atom is -0.495 e. The summed E-state index contributed by atoms with van der Waals surface area (Å²) in [6, 6.07) is 4.61. The Hall–Kier alpha value is -1.15. The number of sulfonamides is 1. The van der Waals surface area contributed by atoms with Gasteiger partial charge < -0.3 is 14.6 Å². The Morgan fingerprint density at radius 3 is 2.50 bits per heavy atom. The summed E-state index contributed by atoms with van der Waals surface area (Å²) in [7, 11) is -0.745. The second kappa shape index (κ2) is 7.58. The molecule has 0 saturated heterocycles. The van der Waals surface area contributed by atoms with Crippen molar-refractivity contribution in [3.63, 3.8) is 0 Å². The van der Waals surface area contributed by atoms with Gasteiger partial charge in [0.2, 0.25) is 10.0 Å². The molecule has 0 aromatic heterocycles. The smallest absolute Gasteiger partial charge is 0.246 e. The normalized spacial score (nSPS) is 11.8. The third-order valence-corrected chi connectivity index (χ3v) is 4.92. The van der Waals surface area contributed by atoms with Crippen LogP contribution in [0.25, 0.3) is 0 Å². The molecule has 1 rings (SSSR count). The SMILES string of the molecule is CCN(CCOC)S(=O)(=O)c1cc(CO)ccc1OC. The molecular weight excluding hydrogens is 282 g/mol. The minimum absolute atomic E-state index is 0.0597. The number of benzene rings is 1. The molecule has 0 aliphatic heterocycles. The molecule has 20 heavy (non-hydrogen) atoms. The number of methoxy groups -OCH3 is 2. The van der Waals surface area contributed by atoms with E-state index in [0.29, 0.717) is 18.7 Å². The van der Waals surface area contributed by atoms with Gasteiger partial charge in [0.25, 0.3) is 0 Å². The Labute approximate surface area is 120 Å². The van der Waals surface area contributed by atoms with Gasteiger partial charge >= 0.3 is 0 Å². The summed E-state index contributed by atoms with van der Waals surface area (Å²) in [5.41, 5.74) is 0.521. The molecule has 0 radical (unpaired) electrons. The van der Waals surface area contributed by atoms with Gasteiger partial charge in [-0.05, 0) is 17.7 Å². The van der Waals surface area contributed by atoms with Gasteiger partial charge in [-0.2, -0.15) is 4.31 Å². The van der Waals surface area contributed by atoms with Crippen molar-refractivity contribution >= 4 is 10.0 Å². The number of nitrogens with zero attached hydrogens (tertiary/aromatic N) is 1. The fourth-order valence-corrected chi connectivity index (χ4v) is 3.44. The van der Waals surface area contributed by atoms with Crippen LogP contribution in [0.4, 0.5) is 0 Å². The first-order valence-corrected chi connectivity index (χ1v) is 7.72. The standard InChI is InChI=1S/C13H21NO5S/c1-4-14(7-8-18-2)20(16,17)13-9-11(10-15)5-6-12(13)19-3/h5-6,9,15H,4,7-8,10H2,1-3H3. The number of aliphatic hydroxyl groups excluding tert-OH is 1. The summed E-state index contributed by atoms with van der Waals surface area (Å²) in [5.74, 6) is 0.262. The van der Waals surface area contributed by atoms with Crippen LogP contribution in [0.2, 0.25) is 0 Å². The van der Waals surface area contributed by atoms with Crippen molar-refractivity contribution in [2.75, 3.05) is 33.9 Å². The van der Waals surface area contributed by atoms with E-state index in [0.717, 1.165) is 0 Å². The molecule has 0 aliphatic rings. The van der Waals surface area contributed by atoms with Gasteiger partial charge in [0, 0.05) is 20.2 Å². The van der Waals surface area contributed by atoms with Crippen LogP contribution >= 0.6 is 0 Å². The van der Waals surface area contributed by atoms with Crippen LogP contribution in [-0.4, -0.2) is 51.7 Å². The molecule has 0 spiro atoms. The highest BCUT2D eigenvalue weighted by atomic mass is 32.2. The first-order valence-electron chi connectivity index (χ1n) is 6.28. The van der Waals surface area contributed by atoms with E-state index in [1.807, 2.05) is 0 Å². The molecule has 7 heteroatoms. The summed E-state index contributed by atoms with van der Waals surface area (Å²) >= 11 is 0. The van der Waals surface area contributed by atoms with Gasteiger partial charge in [-0.3, -0.25) is 0 Å². The molecule has 6 nitrogen and oxygen atoms in total. The lowest BCUT2D eigenvalue weighted by atomic mass is 10.2. The van der Waals surface area contributed by atoms with Crippen LogP contribution in [0.15, 0.2) is 23.1 Å². The molecule has 0 heterocycles. The summed E-state index contributed by atoms with van der Waals surface area (Å²) < 4.78 is 36.6. The first kappa shape index (κ1) is 16.9. The lowest BCUT2D eigenvalue weighted by molar-refractivity contribution is 0.180. The molecule has 0 aliphatic carbocycles. The zero-order valence-corrected chi connectivity index (χ0v) is 12.8. The predicted molar refractivity (Wildman–Crippen MR) is 75.2 cm³/mol. The Morgan fingerprint density at radius 2 is 2.00 bits per heavy atom.